The lowest BCUT2D eigenvalue weighted by Gasteiger charge is -2.41. The first-order chi connectivity index (χ1) is 21.9. The van der Waals surface area contributed by atoms with Gasteiger partial charge in [-0.2, -0.15) is 0 Å². The van der Waals surface area contributed by atoms with Crippen LogP contribution < -0.4 is 23.8 Å². The van der Waals surface area contributed by atoms with Crippen LogP contribution in [0.2, 0.25) is 0 Å². The highest BCUT2D eigenvalue weighted by atomic mass is 16.5. The van der Waals surface area contributed by atoms with Crippen LogP contribution in [0.25, 0.3) is 0 Å². The molecule has 1 unspecified atom stereocenters. The van der Waals surface area contributed by atoms with Gasteiger partial charge in [-0.15, -0.1) is 0 Å². The van der Waals surface area contributed by atoms with Crippen LogP contribution in [-0.4, -0.2) is 90.0 Å². The van der Waals surface area contributed by atoms with Crippen molar-refractivity contribution in [1.29, 1.82) is 0 Å². The Morgan fingerprint density at radius 1 is 0.778 bits per heavy atom. The Kier molecular flexibility index (Phi) is 10.9. The molecule has 8 nitrogen and oxygen atoms in total. The van der Waals surface area contributed by atoms with Crippen LogP contribution in [0.3, 0.4) is 0 Å². The number of hydrogen-bond acceptors (Lipinski definition) is 7. The van der Waals surface area contributed by atoms with Crippen LogP contribution in [0.5, 0.6) is 23.0 Å². The molecule has 0 N–H and O–H groups in total. The molecule has 0 aliphatic carbocycles. The third-order valence-corrected chi connectivity index (χ3v) is 9.60. The molecule has 0 saturated carbocycles. The van der Waals surface area contributed by atoms with Gasteiger partial charge in [0.25, 0.3) is 0 Å². The normalized spacial score (nSPS) is 18.9. The SMILES string of the molecule is CCC1(c2ccccc2OCCCCN2CCN(CCc3cc(OC)c(OC)c(OC)c3)CC2)Cc2ccccc2N(C)C1=O. The van der Waals surface area contributed by atoms with Gasteiger partial charge in [-0.05, 0) is 74.0 Å². The van der Waals surface area contributed by atoms with Gasteiger partial charge in [-0.25, -0.2) is 0 Å². The molecule has 5 rings (SSSR count). The zero-order valence-electron chi connectivity index (χ0n) is 27.6. The summed E-state index contributed by atoms with van der Waals surface area (Å²) in [6.07, 6.45) is 4.41. The molecule has 2 heterocycles. The van der Waals surface area contributed by atoms with Gasteiger partial charge in [0, 0.05) is 51.0 Å². The topological polar surface area (TPSA) is 63.7 Å². The number of anilines is 1. The number of likely N-dealkylation sites (N-methyl/N-ethyl adjacent to an activating group) is 1. The Morgan fingerprint density at radius 2 is 1.42 bits per heavy atom. The third-order valence-electron chi connectivity index (χ3n) is 9.60. The summed E-state index contributed by atoms with van der Waals surface area (Å²) in [5, 5.41) is 0. The summed E-state index contributed by atoms with van der Waals surface area (Å²) in [5.41, 5.74) is 3.77. The lowest BCUT2D eigenvalue weighted by Crippen LogP contribution is -2.50. The van der Waals surface area contributed by atoms with E-state index in [1.165, 1.54) is 11.1 Å². The summed E-state index contributed by atoms with van der Waals surface area (Å²) in [5.74, 6) is 3.02. The number of carbonyl (C=O) groups excluding carboxylic acids is 1. The van der Waals surface area contributed by atoms with Gasteiger partial charge in [-0.1, -0.05) is 43.3 Å². The van der Waals surface area contributed by atoms with Gasteiger partial charge in [-0.3, -0.25) is 4.79 Å². The molecule has 0 aromatic heterocycles. The second-order valence-electron chi connectivity index (χ2n) is 12.1. The lowest BCUT2D eigenvalue weighted by atomic mass is 9.69. The highest BCUT2D eigenvalue weighted by Crippen LogP contribution is 2.45. The average molecular weight is 616 g/mol. The number of fused-ring (bicyclic) bond motifs is 1. The van der Waals surface area contributed by atoms with Crippen LogP contribution in [0.4, 0.5) is 5.69 Å². The molecule has 0 bridgehead atoms. The van der Waals surface area contributed by atoms with Crippen LogP contribution in [0, 0.1) is 0 Å². The monoisotopic (exact) mass is 615 g/mol. The molecule has 2 aliphatic rings. The Hall–Kier alpha value is -3.75. The number of carbonyl (C=O) groups is 1. The predicted molar refractivity (Wildman–Crippen MR) is 179 cm³/mol. The number of nitrogens with zero attached hydrogens (tertiary/aromatic N) is 3. The van der Waals surface area contributed by atoms with Crippen molar-refractivity contribution in [2.75, 3.05) is 79.2 Å². The van der Waals surface area contributed by atoms with E-state index >= 15 is 0 Å². The Balaban J connectivity index is 1.08. The van der Waals surface area contributed by atoms with Crippen molar-refractivity contribution in [3.05, 3.63) is 77.4 Å². The highest BCUT2D eigenvalue weighted by molar-refractivity contribution is 6.04. The standard InChI is InChI=1S/C37H49N3O5/c1-6-37(27-29-13-7-9-15-31(29)38(2)36(37)41)30-14-8-10-16-32(30)45-24-12-11-18-39-20-22-40(23-21-39)19-17-28-25-33(42-3)35(44-5)34(26-28)43-4/h7-10,13-16,25-26H,6,11-12,17-24,27H2,1-5H3. The van der Waals surface area contributed by atoms with E-state index in [0.29, 0.717) is 30.3 Å². The summed E-state index contributed by atoms with van der Waals surface area (Å²) in [4.78, 5) is 20.7. The van der Waals surface area contributed by atoms with Gasteiger partial charge < -0.3 is 33.6 Å². The van der Waals surface area contributed by atoms with E-state index in [1.807, 2.05) is 54.4 Å². The van der Waals surface area contributed by atoms with E-state index in [1.54, 1.807) is 21.3 Å². The molecule has 3 aromatic rings. The predicted octanol–water partition coefficient (Wildman–Crippen LogP) is 5.60. The molecule has 1 amide bonds. The fourth-order valence-corrected chi connectivity index (χ4v) is 6.91. The number of benzene rings is 3. The largest absolute Gasteiger partial charge is 0.493 e. The van der Waals surface area contributed by atoms with Crippen LogP contribution in [0.15, 0.2) is 60.7 Å². The quantitative estimate of drug-likeness (QED) is 0.219. The van der Waals surface area contributed by atoms with Gasteiger partial charge in [0.1, 0.15) is 5.75 Å². The summed E-state index contributed by atoms with van der Waals surface area (Å²) in [7, 11) is 6.84. The van der Waals surface area contributed by atoms with Gasteiger partial charge in [0.05, 0.1) is 33.4 Å². The maximum absolute atomic E-state index is 13.8. The zero-order valence-corrected chi connectivity index (χ0v) is 27.6. The number of piperazine rings is 1. The third kappa shape index (κ3) is 7.07. The number of para-hydroxylation sites is 2. The van der Waals surface area contributed by atoms with E-state index in [-0.39, 0.29) is 5.91 Å². The number of hydrogen-bond donors (Lipinski definition) is 0. The van der Waals surface area contributed by atoms with E-state index in [0.717, 1.165) is 82.0 Å². The number of ether oxygens (including phenoxy) is 4. The minimum atomic E-state index is -0.620. The molecule has 0 spiro atoms. The molecule has 8 heteroatoms. The molecule has 2 aliphatic heterocycles. The van der Waals surface area contributed by atoms with Crippen molar-refractivity contribution in [3.63, 3.8) is 0 Å². The maximum Gasteiger partial charge on any atom is 0.237 e. The smallest absolute Gasteiger partial charge is 0.237 e. The van der Waals surface area contributed by atoms with Crippen molar-refractivity contribution in [3.8, 4) is 23.0 Å². The fourth-order valence-electron chi connectivity index (χ4n) is 6.91. The summed E-state index contributed by atoms with van der Waals surface area (Å²) >= 11 is 0. The zero-order chi connectivity index (χ0) is 31.8. The Bertz CT molecular complexity index is 1410. The van der Waals surface area contributed by atoms with E-state index in [9.17, 15) is 4.79 Å². The van der Waals surface area contributed by atoms with Crippen LogP contribution in [-0.2, 0) is 23.1 Å². The summed E-state index contributed by atoms with van der Waals surface area (Å²) in [6.45, 7) is 9.13. The van der Waals surface area contributed by atoms with Crippen molar-refractivity contribution < 1.29 is 23.7 Å². The molecular weight excluding hydrogens is 566 g/mol. The van der Waals surface area contributed by atoms with Crippen molar-refractivity contribution in [2.24, 2.45) is 0 Å². The lowest BCUT2D eigenvalue weighted by molar-refractivity contribution is -0.124. The molecule has 1 saturated heterocycles. The van der Waals surface area contributed by atoms with E-state index in [4.69, 9.17) is 18.9 Å². The number of methoxy groups -OCH3 is 3. The van der Waals surface area contributed by atoms with E-state index < -0.39 is 5.41 Å². The molecule has 45 heavy (non-hydrogen) atoms. The van der Waals surface area contributed by atoms with Gasteiger partial charge in [0.15, 0.2) is 11.5 Å². The fraction of sp³-hybridized carbons (Fsp3) is 0.486. The molecule has 1 atom stereocenters. The Labute approximate surface area is 268 Å². The molecule has 3 aromatic carbocycles. The first-order valence-electron chi connectivity index (χ1n) is 16.3. The number of amides is 1. The van der Waals surface area contributed by atoms with E-state index in [2.05, 4.69) is 34.9 Å². The molecule has 1 fully saturated rings. The maximum atomic E-state index is 13.8. The molecule has 242 valence electrons. The minimum absolute atomic E-state index is 0.141. The minimum Gasteiger partial charge on any atom is -0.493 e. The summed E-state index contributed by atoms with van der Waals surface area (Å²) < 4.78 is 22.9. The van der Waals surface area contributed by atoms with Crippen molar-refractivity contribution in [1.82, 2.24) is 9.80 Å². The van der Waals surface area contributed by atoms with Gasteiger partial charge in [0.2, 0.25) is 11.7 Å². The van der Waals surface area contributed by atoms with Crippen molar-refractivity contribution >= 4 is 11.6 Å². The first kappa shape index (κ1) is 32.6. The second kappa shape index (κ2) is 15.0. The average Bonchev–Trinajstić information content (AvgIpc) is 3.09. The number of unbranched alkanes of at least 4 members (excludes halogenated alkanes) is 1. The first-order valence-corrected chi connectivity index (χ1v) is 16.3. The summed E-state index contributed by atoms with van der Waals surface area (Å²) in [6, 6.07) is 20.5. The van der Waals surface area contributed by atoms with Crippen molar-refractivity contribution in [2.45, 2.75) is 44.4 Å². The second-order valence-corrected chi connectivity index (χ2v) is 12.1. The van der Waals surface area contributed by atoms with Crippen LogP contribution in [0.1, 0.15) is 42.9 Å². The Morgan fingerprint density at radius 3 is 2.09 bits per heavy atom. The van der Waals surface area contributed by atoms with Crippen LogP contribution >= 0.6 is 0 Å². The molecule has 0 radical (unpaired) electrons. The number of rotatable bonds is 14. The molecular formula is C37H49N3O5. The highest BCUT2D eigenvalue weighted by Gasteiger charge is 2.46. The van der Waals surface area contributed by atoms with Gasteiger partial charge >= 0.3 is 0 Å².